The Morgan fingerprint density at radius 3 is 2.66 bits per heavy atom. The van der Waals surface area contributed by atoms with Crippen LogP contribution in [0.3, 0.4) is 0 Å². The van der Waals surface area contributed by atoms with Crippen molar-refractivity contribution in [2.24, 2.45) is 0 Å². The molecule has 1 aliphatic rings. The van der Waals surface area contributed by atoms with Crippen LogP contribution in [0.15, 0.2) is 65.6 Å². The van der Waals surface area contributed by atoms with Crippen molar-refractivity contribution in [3.8, 4) is 5.75 Å². The van der Waals surface area contributed by atoms with E-state index in [-0.39, 0.29) is 11.4 Å². The Balaban J connectivity index is 1.62. The number of methoxy groups -OCH3 is 1. The molecule has 0 radical (unpaired) electrons. The van der Waals surface area contributed by atoms with Crippen LogP contribution in [0, 0.1) is 0 Å². The first-order valence-electron chi connectivity index (χ1n) is 8.58. The van der Waals surface area contributed by atoms with Crippen molar-refractivity contribution in [1.29, 1.82) is 0 Å². The Hall–Kier alpha value is -3.03. The number of allylic oxidation sites excluding steroid dienone is 2. The highest BCUT2D eigenvalue weighted by Crippen LogP contribution is 2.31. The van der Waals surface area contributed by atoms with E-state index < -0.39 is 17.1 Å². The highest BCUT2D eigenvalue weighted by Gasteiger charge is 2.35. The lowest BCUT2D eigenvalue weighted by atomic mass is 10.2. The highest BCUT2D eigenvalue weighted by molar-refractivity contribution is 8.18. The number of rotatable bonds is 6. The predicted octanol–water partition coefficient (Wildman–Crippen LogP) is 4.58. The lowest BCUT2D eigenvalue weighted by Crippen LogP contribution is -2.36. The summed E-state index contributed by atoms with van der Waals surface area (Å²) in [7, 11) is 1.49. The third-order valence-corrected chi connectivity index (χ3v) is 5.17. The molecule has 1 N–H and O–H groups in total. The molecular weight excluding hydrogens is 412 g/mol. The highest BCUT2D eigenvalue weighted by atomic mass is 35.5. The Morgan fingerprint density at radius 2 is 1.97 bits per heavy atom. The number of nitrogens with zero attached hydrogens (tertiary/aromatic N) is 1. The van der Waals surface area contributed by atoms with Gasteiger partial charge in [0.2, 0.25) is 5.91 Å². The van der Waals surface area contributed by atoms with Crippen LogP contribution in [-0.4, -0.2) is 35.6 Å². The second-order valence-electron chi connectivity index (χ2n) is 5.96. The molecule has 2 aromatic rings. The summed E-state index contributed by atoms with van der Waals surface area (Å²) in [6.45, 7) is -0.381. The number of carbonyl (C=O) groups is 3. The first kappa shape index (κ1) is 20.7. The summed E-state index contributed by atoms with van der Waals surface area (Å²) in [5, 5.41) is 2.46. The zero-order chi connectivity index (χ0) is 20.8. The summed E-state index contributed by atoms with van der Waals surface area (Å²) >= 11 is 6.83. The second kappa shape index (κ2) is 9.45. The maximum Gasteiger partial charge on any atom is 0.294 e. The van der Waals surface area contributed by atoms with Crippen molar-refractivity contribution in [1.82, 2.24) is 4.90 Å². The van der Waals surface area contributed by atoms with E-state index in [1.54, 1.807) is 24.3 Å². The number of amides is 3. The number of anilines is 1. The van der Waals surface area contributed by atoms with Gasteiger partial charge in [-0.05, 0) is 41.6 Å². The van der Waals surface area contributed by atoms with Crippen molar-refractivity contribution in [3.63, 3.8) is 0 Å². The van der Waals surface area contributed by atoms with Crippen molar-refractivity contribution < 1.29 is 19.1 Å². The normalized spacial score (nSPS) is 15.4. The number of hydrogen-bond acceptors (Lipinski definition) is 5. The molecule has 1 saturated heterocycles. The molecule has 6 nitrogen and oxygen atoms in total. The van der Waals surface area contributed by atoms with Gasteiger partial charge in [-0.3, -0.25) is 19.3 Å². The lowest BCUT2D eigenvalue weighted by Gasteiger charge is -2.13. The minimum atomic E-state index is -0.505. The van der Waals surface area contributed by atoms with Gasteiger partial charge < -0.3 is 10.1 Å². The molecule has 8 heteroatoms. The number of carbonyl (C=O) groups excluding carboxylic acids is 3. The fourth-order valence-electron chi connectivity index (χ4n) is 2.55. The van der Waals surface area contributed by atoms with Gasteiger partial charge >= 0.3 is 0 Å². The Labute approximate surface area is 177 Å². The van der Waals surface area contributed by atoms with Gasteiger partial charge in [-0.2, -0.15) is 0 Å². The predicted molar refractivity (Wildman–Crippen MR) is 115 cm³/mol. The molecule has 3 amide bonds. The molecule has 0 atom stereocenters. The average molecular weight is 429 g/mol. The van der Waals surface area contributed by atoms with Crippen molar-refractivity contribution in [3.05, 3.63) is 76.2 Å². The number of ether oxygens (including phenoxy) is 1. The molecule has 0 saturated carbocycles. The molecule has 0 unspecified atom stereocenters. The van der Waals surface area contributed by atoms with Crippen LogP contribution in [0.1, 0.15) is 5.56 Å². The molecule has 2 aromatic carbocycles. The fourth-order valence-corrected chi connectivity index (χ4v) is 3.60. The maximum atomic E-state index is 12.4. The molecule has 1 heterocycles. The molecule has 0 aliphatic carbocycles. The third kappa shape index (κ3) is 5.28. The number of hydrogen-bond donors (Lipinski definition) is 1. The van der Waals surface area contributed by atoms with Gasteiger partial charge in [0.1, 0.15) is 12.3 Å². The molecule has 148 valence electrons. The molecule has 1 aliphatic heterocycles. The number of halogens is 1. The summed E-state index contributed by atoms with van der Waals surface area (Å²) < 4.78 is 5.06. The molecule has 3 rings (SSSR count). The van der Waals surface area contributed by atoms with Crippen LogP contribution in [-0.2, 0) is 9.59 Å². The van der Waals surface area contributed by atoms with Gasteiger partial charge in [-0.25, -0.2) is 0 Å². The standard InChI is InChI=1S/C21H17ClN2O4S/c1-28-17-11-10-15(12-16(17)22)23-19(25)13-24-20(26)18(29-21(24)27)9-5-8-14-6-3-2-4-7-14/h2-12H,13H2,1H3,(H,23,25)/b8-5+,18-9+. The van der Waals surface area contributed by atoms with E-state index in [0.717, 1.165) is 22.2 Å². The first-order valence-corrected chi connectivity index (χ1v) is 9.78. The quantitative estimate of drug-likeness (QED) is 0.681. The zero-order valence-electron chi connectivity index (χ0n) is 15.4. The van der Waals surface area contributed by atoms with Crippen LogP contribution in [0.4, 0.5) is 10.5 Å². The maximum absolute atomic E-state index is 12.4. The van der Waals surface area contributed by atoms with Crippen LogP contribution in [0.5, 0.6) is 5.75 Å². The average Bonchev–Trinajstić information content (AvgIpc) is 2.96. The molecule has 1 fully saturated rings. The van der Waals surface area contributed by atoms with E-state index in [1.165, 1.54) is 13.2 Å². The smallest absolute Gasteiger partial charge is 0.294 e. The van der Waals surface area contributed by atoms with Gasteiger partial charge in [0.05, 0.1) is 17.0 Å². The Bertz CT molecular complexity index is 1000. The third-order valence-electron chi connectivity index (χ3n) is 3.95. The van der Waals surface area contributed by atoms with Gasteiger partial charge in [0.25, 0.3) is 11.1 Å². The molecule has 0 spiro atoms. The van der Waals surface area contributed by atoms with E-state index in [1.807, 2.05) is 36.4 Å². The van der Waals surface area contributed by atoms with Gasteiger partial charge in [-0.15, -0.1) is 0 Å². The van der Waals surface area contributed by atoms with Crippen LogP contribution >= 0.6 is 23.4 Å². The molecule has 0 bridgehead atoms. The van der Waals surface area contributed by atoms with Gasteiger partial charge in [-0.1, -0.05) is 54.1 Å². The molecule has 0 aromatic heterocycles. The largest absolute Gasteiger partial charge is 0.495 e. The Kier molecular flexibility index (Phi) is 6.74. The van der Waals surface area contributed by atoms with E-state index in [2.05, 4.69) is 5.32 Å². The van der Waals surface area contributed by atoms with Crippen molar-refractivity contribution in [2.45, 2.75) is 0 Å². The Morgan fingerprint density at radius 1 is 1.21 bits per heavy atom. The van der Waals surface area contributed by atoms with E-state index >= 15 is 0 Å². The van der Waals surface area contributed by atoms with E-state index in [0.29, 0.717) is 16.5 Å². The number of imide groups is 1. The number of benzene rings is 2. The van der Waals surface area contributed by atoms with Crippen molar-refractivity contribution in [2.75, 3.05) is 19.0 Å². The van der Waals surface area contributed by atoms with Gasteiger partial charge in [0, 0.05) is 5.69 Å². The first-order chi connectivity index (χ1) is 14.0. The van der Waals surface area contributed by atoms with Crippen LogP contribution < -0.4 is 10.1 Å². The summed E-state index contributed by atoms with van der Waals surface area (Å²) in [5.41, 5.74) is 1.41. The summed E-state index contributed by atoms with van der Waals surface area (Å²) in [4.78, 5) is 38.0. The topological polar surface area (TPSA) is 75.7 Å². The lowest BCUT2D eigenvalue weighted by molar-refractivity contribution is -0.127. The molecular formula is C21H17ClN2O4S. The number of nitrogens with one attached hydrogen (secondary N) is 1. The monoisotopic (exact) mass is 428 g/mol. The van der Waals surface area contributed by atoms with Gasteiger partial charge in [0.15, 0.2) is 0 Å². The van der Waals surface area contributed by atoms with E-state index in [4.69, 9.17) is 16.3 Å². The number of thioether (sulfide) groups is 1. The SMILES string of the molecule is COc1ccc(NC(=O)CN2C(=O)S/C(=C/C=C/c3ccccc3)C2=O)cc1Cl. The van der Waals surface area contributed by atoms with Crippen molar-refractivity contribution >= 4 is 52.2 Å². The summed E-state index contributed by atoms with van der Waals surface area (Å²) in [6, 6.07) is 14.3. The zero-order valence-corrected chi connectivity index (χ0v) is 17.0. The van der Waals surface area contributed by atoms with Crippen LogP contribution in [0.25, 0.3) is 6.08 Å². The minimum Gasteiger partial charge on any atom is -0.495 e. The fraction of sp³-hybridized carbons (Fsp3) is 0.0952. The second-order valence-corrected chi connectivity index (χ2v) is 7.36. The molecule has 29 heavy (non-hydrogen) atoms. The van der Waals surface area contributed by atoms with Crippen LogP contribution in [0.2, 0.25) is 5.02 Å². The summed E-state index contributed by atoms with van der Waals surface area (Å²) in [6.07, 6.45) is 5.10. The van der Waals surface area contributed by atoms with E-state index in [9.17, 15) is 14.4 Å². The minimum absolute atomic E-state index is 0.266. The summed E-state index contributed by atoms with van der Waals surface area (Å²) in [5.74, 6) is -0.528.